The number of carbonyl (C=O) groups excluding carboxylic acids is 1. The molecule has 2 N–H and O–H groups in total. The lowest BCUT2D eigenvalue weighted by atomic mass is 10.0. The van der Waals surface area contributed by atoms with Crippen molar-refractivity contribution in [2.24, 2.45) is 0 Å². The molecule has 6 rings (SSSR count). The first kappa shape index (κ1) is 21.4. The van der Waals surface area contributed by atoms with Gasteiger partial charge in [0, 0.05) is 35.3 Å². The van der Waals surface area contributed by atoms with Gasteiger partial charge in [0.2, 0.25) is 18.6 Å². The van der Waals surface area contributed by atoms with E-state index in [1.165, 1.54) is 0 Å². The van der Waals surface area contributed by atoms with Gasteiger partial charge < -0.3 is 24.8 Å². The van der Waals surface area contributed by atoms with Crippen LogP contribution >= 0.6 is 0 Å². The maximum absolute atomic E-state index is 12.9. The predicted octanol–water partition coefficient (Wildman–Crippen LogP) is 6.15. The molecule has 0 saturated carbocycles. The molecule has 1 aromatic heterocycles. The van der Waals surface area contributed by atoms with E-state index in [4.69, 9.17) is 14.2 Å². The van der Waals surface area contributed by atoms with Crippen molar-refractivity contribution in [3.8, 4) is 23.1 Å². The number of para-hydroxylation sites is 1. The molecule has 0 fully saturated rings. The standard InChI is InChI=1S/C28H20N4O4/c33-27(30-19-6-2-1-3-7-19)23-8-4-5-18-15-21(10-11-22(18)23)36-26-13-14-29-28(32-26)31-20-9-12-24-25(16-20)35-17-34-24/h1-16H,17H2,(H,30,33)(H,29,31,32). The number of ether oxygens (including phenoxy) is 3. The Morgan fingerprint density at radius 2 is 1.72 bits per heavy atom. The summed E-state index contributed by atoms with van der Waals surface area (Å²) in [5.74, 6) is 2.56. The Balaban J connectivity index is 1.20. The third-order valence-corrected chi connectivity index (χ3v) is 5.61. The van der Waals surface area contributed by atoms with Crippen LogP contribution in [0.2, 0.25) is 0 Å². The summed E-state index contributed by atoms with van der Waals surface area (Å²) in [6.45, 7) is 0.212. The topological polar surface area (TPSA) is 94.6 Å². The molecule has 4 aromatic carbocycles. The number of benzene rings is 4. The van der Waals surface area contributed by atoms with Crippen molar-refractivity contribution in [2.45, 2.75) is 0 Å². The van der Waals surface area contributed by atoms with Gasteiger partial charge in [0.05, 0.1) is 0 Å². The zero-order valence-electron chi connectivity index (χ0n) is 19.0. The zero-order valence-corrected chi connectivity index (χ0v) is 19.0. The number of hydrogen-bond acceptors (Lipinski definition) is 7. The first-order valence-corrected chi connectivity index (χ1v) is 11.3. The molecule has 0 aliphatic carbocycles. The predicted molar refractivity (Wildman–Crippen MR) is 136 cm³/mol. The van der Waals surface area contributed by atoms with Crippen molar-refractivity contribution in [2.75, 3.05) is 17.4 Å². The first-order valence-electron chi connectivity index (χ1n) is 11.3. The SMILES string of the molecule is O=C(Nc1ccccc1)c1cccc2cc(Oc3ccnc(Nc4ccc5c(c4)OCO5)n3)ccc12. The van der Waals surface area contributed by atoms with E-state index < -0.39 is 0 Å². The summed E-state index contributed by atoms with van der Waals surface area (Å²) in [6, 6.07) is 27.7. The van der Waals surface area contributed by atoms with Crippen molar-refractivity contribution in [3.63, 3.8) is 0 Å². The van der Waals surface area contributed by atoms with Crippen molar-refractivity contribution in [1.82, 2.24) is 9.97 Å². The van der Waals surface area contributed by atoms with Crippen LogP contribution in [0.4, 0.5) is 17.3 Å². The third-order valence-electron chi connectivity index (χ3n) is 5.61. The number of anilines is 3. The minimum atomic E-state index is -0.171. The Morgan fingerprint density at radius 3 is 2.64 bits per heavy atom. The van der Waals surface area contributed by atoms with E-state index in [-0.39, 0.29) is 12.7 Å². The Bertz CT molecular complexity index is 1570. The summed E-state index contributed by atoms with van der Waals surface area (Å²) in [6.07, 6.45) is 1.62. The number of nitrogens with zero attached hydrogens (tertiary/aromatic N) is 2. The van der Waals surface area contributed by atoms with Gasteiger partial charge in [-0.2, -0.15) is 4.98 Å². The van der Waals surface area contributed by atoms with Gasteiger partial charge in [-0.15, -0.1) is 0 Å². The van der Waals surface area contributed by atoms with Crippen molar-refractivity contribution in [1.29, 1.82) is 0 Å². The van der Waals surface area contributed by atoms with Crippen LogP contribution in [0.15, 0.2) is 97.2 Å². The molecule has 1 amide bonds. The molecule has 0 spiro atoms. The molecule has 0 unspecified atom stereocenters. The quantitative estimate of drug-likeness (QED) is 0.304. The van der Waals surface area contributed by atoms with Gasteiger partial charge in [0.1, 0.15) is 5.75 Å². The first-order chi connectivity index (χ1) is 17.7. The van der Waals surface area contributed by atoms with E-state index >= 15 is 0 Å². The second-order valence-electron chi connectivity index (χ2n) is 8.02. The third kappa shape index (κ3) is 4.47. The highest BCUT2D eigenvalue weighted by atomic mass is 16.7. The summed E-state index contributed by atoms with van der Waals surface area (Å²) in [7, 11) is 0. The highest BCUT2D eigenvalue weighted by Gasteiger charge is 2.14. The molecule has 1 aliphatic rings. The van der Waals surface area contributed by atoms with E-state index in [0.29, 0.717) is 34.6 Å². The summed E-state index contributed by atoms with van der Waals surface area (Å²) in [4.78, 5) is 21.6. The molecule has 0 radical (unpaired) electrons. The number of hydrogen-bond donors (Lipinski definition) is 2. The summed E-state index contributed by atoms with van der Waals surface area (Å²) < 4.78 is 16.8. The number of amides is 1. The average molecular weight is 476 g/mol. The fraction of sp³-hybridized carbons (Fsp3) is 0.0357. The Hall–Kier alpha value is -5.11. The Labute approximate surface area is 206 Å². The Kier molecular flexibility index (Phi) is 5.51. The van der Waals surface area contributed by atoms with Gasteiger partial charge in [-0.3, -0.25) is 4.79 Å². The van der Waals surface area contributed by atoms with Crippen LogP contribution in [0.3, 0.4) is 0 Å². The lowest BCUT2D eigenvalue weighted by Crippen LogP contribution is -2.12. The van der Waals surface area contributed by atoms with Gasteiger partial charge in [-0.05, 0) is 59.3 Å². The zero-order chi connectivity index (χ0) is 24.3. The number of carbonyl (C=O) groups is 1. The summed E-state index contributed by atoms with van der Waals surface area (Å²) in [5.41, 5.74) is 2.09. The summed E-state index contributed by atoms with van der Waals surface area (Å²) >= 11 is 0. The molecule has 0 bridgehead atoms. The maximum Gasteiger partial charge on any atom is 0.256 e. The van der Waals surface area contributed by atoms with Crippen LogP contribution in [0.5, 0.6) is 23.1 Å². The van der Waals surface area contributed by atoms with Crippen LogP contribution < -0.4 is 24.8 Å². The molecular formula is C28H20N4O4. The van der Waals surface area contributed by atoms with Gasteiger partial charge >= 0.3 is 0 Å². The van der Waals surface area contributed by atoms with Crippen LogP contribution in [0, 0.1) is 0 Å². The number of aromatic nitrogens is 2. The Morgan fingerprint density at radius 1 is 0.833 bits per heavy atom. The van der Waals surface area contributed by atoms with Gasteiger partial charge in [0.15, 0.2) is 11.5 Å². The molecule has 8 nitrogen and oxygen atoms in total. The molecule has 0 atom stereocenters. The minimum absolute atomic E-state index is 0.171. The molecule has 36 heavy (non-hydrogen) atoms. The van der Waals surface area contributed by atoms with Crippen LogP contribution in [-0.2, 0) is 0 Å². The number of rotatable bonds is 6. The van der Waals surface area contributed by atoms with Crippen molar-refractivity contribution in [3.05, 3.63) is 103 Å². The summed E-state index contributed by atoms with van der Waals surface area (Å²) in [5, 5.41) is 7.78. The van der Waals surface area contributed by atoms with E-state index in [1.54, 1.807) is 18.3 Å². The highest BCUT2D eigenvalue weighted by molar-refractivity contribution is 6.13. The minimum Gasteiger partial charge on any atom is -0.454 e. The van der Waals surface area contributed by atoms with Crippen LogP contribution in [0.25, 0.3) is 10.8 Å². The van der Waals surface area contributed by atoms with E-state index in [1.807, 2.05) is 78.9 Å². The number of fused-ring (bicyclic) bond motifs is 2. The lowest BCUT2D eigenvalue weighted by Gasteiger charge is -2.11. The average Bonchev–Trinajstić information content (AvgIpc) is 3.37. The molecular weight excluding hydrogens is 456 g/mol. The highest BCUT2D eigenvalue weighted by Crippen LogP contribution is 2.35. The monoisotopic (exact) mass is 476 g/mol. The largest absolute Gasteiger partial charge is 0.454 e. The molecule has 1 aliphatic heterocycles. The van der Waals surface area contributed by atoms with E-state index in [9.17, 15) is 4.79 Å². The smallest absolute Gasteiger partial charge is 0.256 e. The van der Waals surface area contributed by atoms with Gasteiger partial charge in [0.25, 0.3) is 5.91 Å². The fourth-order valence-corrected chi connectivity index (χ4v) is 3.93. The van der Waals surface area contributed by atoms with E-state index in [2.05, 4.69) is 20.6 Å². The second kappa shape index (κ2) is 9.27. The number of nitrogens with one attached hydrogen (secondary N) is 2. The molecule has 176 valence electrons. The lowest BCUT2D eigenvalue weighted by molar-refractivity contribution is 0.102. The van der Waals surface area contributed by atoms with Crippen molar-refractivity contribution < 1.29 is 19.0 Å². The second-order valence-corrected chi connectivity index (χ2v) is 8.02. The van der Waals surface area contributed by atoms with Gasteiger partial charge in [-0.25, -0.2) is 4.98 Å². The fourth-order valence-electron chi connectivity index (χ4n) is 3.93. The van der Waals surface area contributed by atoms with Crippen LogP contribution in [0.1, 0.15) is 10.4 Å². The molecule has 2 heterocycles. The maximum atomic E-state index is 12.9. The van der Waals surface area contributed by atoms with E-state index in [0.717, 1.165) is 22.1 Å². The molecule has 0 saturated heterocycles. The van der Waals surface area contributed by atoms with Crippen molar-refractivity contribution >= 4 is 34.0 Å². The molecule has 8 heteroatoms. The normalized spacial score (nSPS) is 11.8. The van der Waals surface area contributed by atoms with Gasteiger partial charge in [-0.1, -0.05) is 30.3 Å². The molecule has 5 aromatic rings. The van der Waals surface area contributed by atoms with Crippen LogP contribution in [-0.4, -0.2) is 22.7 Å².